The summed E-state index contributed by atoms with van der Waals surface area (Å²) in [6.45, 7) is 18.6. The largest absolute Gasteiger partial charge is 0.342 e. The Morgan fingerprint density at radius 2 is 1.79 bits per heavy atom. The molecule has 2 unspecified atom stereocenters. The zero-order valence-electron chi connectivity index (χ0n) is 22.5. The number of carbonyl (C=O) groups excluding carboxylic acids is 3. The number of hydrogen-bond acceptors (Lipinski definition) is 4. The Morgan fingerprint density at radius 1 is 1.15 bits per heavy atom. The number of nitrogens with zero attached hydrogens (tertiary/aromatic N) is 3. The van der Waals surface area contributed by atoms with E-state index in [4.69, 9.17) is 0 Å². The molecule has 1 fully saturated rings. The number of likely N-dealkylation sites (N-methyl/N-ethyl adjacent to an activating group) is 2. The summed E-state index contributed by atoms with van der Waals surface area (Å²) in [6.07, 6.45) is 5.67. The van der Waals surface area contributed by atoms with Gasteiger partial charge in [-0.05, 0) is 58.9 Å². The molecular weight excluding hydrogens is 416 g/mol. The van der Waals surface area contributed by atoms with Gasteiger partial charge in [0.25, 0.3) is 0 Å². The molecule has 1 N–H and O–H groups in total. The van der Waals surface area contributed by atoms with Crippen LogP contribution in [0.15, 0.2) is 11.6 Å². The van der Waals surface area contributed by atoms with Crippen molar-refractivity contribution >= 4 is 17.7 Å². The summed E-state index contributed by atoms with van der Waals surface area (Å²) in [4.78, 5) is 44.9. The Labute approximate surface area is 201 Å². The monoisotopic (exact) mass is 464 g/mol. The molecule has 7 nitrogen and oxygen atoms in total. The smallest absolute Gasteiger partial charge is 0.249 e. The summed E-state index contributed by atoms with van der Waals surface area (Å²) >= 11 is 0. The third-order valence-corrected chi connectivity index (χ3v) is 6.46. The molecule has 1 aliphatic heterocycles. The molecule has 0 aromatic rings. The zero-order chi connectivity index (χ0) is 25.3. The molecule has 0 aromatic heterocycles. The second kappa shape index (κ2) is 13.1. The lowest BCUT2D eigenvalue weighted by Crippen LogP contribution is -2.59. The van der Waals surface area contributed by atoms with Crippen molar-refractivity contribution in [3.63, 3.8) is 0 Å². The van der Waals surface area contributed by atoms with Gasteiger partial charge in [0.1, 0.15) is 6.04 Å². The van der Waals surface area contributed by atoms with Crippen LogP contribution >= 0.6 is 0 Å². The second-order valence-corrected chi connectivity index (χ2v) is 10.6. The van der Waals surface area contributed by atoms with Gasteiger partial charge in [0.2, 0.25) is 17.7 Å². The maximum atomic E-state index is 13.4. The van der Waals surface area contributed by atoms with Gasteiger partial charge in [-0.3, -0.25) is 19.3 Å². The summed E-state index contributed by atoms with van der Waals surface area (Å²) in [7, 11) is 1.73. The predicted molar refractivity (Wildman–Crippen MR) is 135 cm³/mol. The van der Waals surface area contributed by atoms with Crippen LogP contribution in [0.4, 0.5) is 0 Å². The van der Waals surface area contributed by atoms with Crippen LogP contribution in [-0.4, -0.2) is 83.8 Å². The number of rotatable bonds is 10. The van der Waals surface area contributed by atoms with E-state index in [1.165, 1.54) is 0 Å². The lowest BCUT2D eigenvalue weighted by Gasteiger charge is -2.40. The fourth-order valence-corrected chi connectivity index (χ4v) is 4.33. The molecule has 0 saturated carbocycles. The van der Waals surface area contributed by atoms with Gasteiger partial charge in [0.15, 0.2) is 0 Å². The van der Waals surface area contributed by atoms with Gasteiger partial charge in [0, 0.05) is 38.3 Å². The molecule has 190 valence electrons. The number of nitrogens with one attached hydrogen (secondary N) is 1. The summed E-state index contributed by atoms with van der Waals surface area (Å²) in [6, 6.07) is -0.545. The number of likely N-dealkylation sites (tertiary alicyclic amines) is 1. The van der Waals surface area contributed by atoms with Crippen molar-refractivity contribution in [3.8, 4) is 0 Å². The fraction of sp³-hybridized carbons (Fsp3) is 0.808. The summed E-state index contributed by atoms with van der Waals surface area (Å²) in [5.74, 6) is -0.197. The van der Waals surface area contributed by atoms with E-state index in [9.17, 15) is 14.4 Å². The number of piperidine rings is 1. The first kappa shape index (κ1) is 29.1. The minimum absolute atomic E-state index is 0.00643. The zero-order valence-corrected chi connectivity index (χ0v) is 22.5. The van der Waals surface area contributed by atoms with Gasteiger partial charge in [-0.1, -0.05) is 40.2 Å². The van der Waals surface area contributed by atoms with Gasteiger partial charge in [-0.15, -0.1) is 0 Å². The van der Waals surface area contributed by atoms with Crippen LogP contribution in [-0.2, 0) is 14.4 Å². The first-order valence-electron chi connectivity index (χ1n) is 12.6. The molecule has 7 heteroatoms. The normalized spacial score (nSPS) is 18.7. The first-order valence-corrected chi connectivity index (χ1v) is 12.6. The lowest BCUT2D eigenvalue weighted by atomic mass is 9.85. The Bertz CT molecular complexity index is 696. The Hall–Kier alpha value is -1.89. The average Bonchev–Trinajstić information content (AvgIpc) is 2.77. The molecule has 3 amide bonds. The van der Waals surface area contributed by atoms with E-state index in [-0.39, 0.29) is 29.8 Å². The van der Waals surface area contributed by atoms with E-state index in [0.717, 1.165) is 38.8 Å². The number of amides is 3. The van der Waals surface area contributed by atoms with Crippen LogP contribution in [0.3, 0.4) is 0 Å². The van der Waals surface area contributed by atoms with E-state index in [1.54, 1.807) is 18.9 Å². The Morgan fingerprint density at radius 3 is 2.30 bits per heavy atom. The molecule has 1 rings (SSSR count). The molecule has 0 radical (unpaired) electrons. The molecule has 1 saturated heterocycles. The molecule has 33 heavy (non-hydrogen) atoms. The standard InChI is InChI=1S/C26H48N4O3/c1-10-16-29(11-2)24(32)20(5)15-18-28(9)25(33)22(26(6,7)8)27-23(31)21-14-12-13-17-30(21)19(3)4/h15,19,21-22H,10-14,16-18H2,1-9H3,(H,27,31)/b20-15+. The topological polar surface area (TPSA) is 73.0 Å². The van der Waals surface area contributed by atoms with Gasteiger partial charge in [-0.25, -0.2) is 0 Å². The molecular formula is C26H48N4O3. The molecule has 0 aliphatic carbocycles. The van der Waals surface area contributed by atoms with E-state index < -0.39 is 11.5 Å². The van der Waals surface area contributed by atoms with Crippen LogP contribution in [0.2, 0.25) is 0 Å². The van der Waals surface area contributed by atoms with Gasteiger partial charge in [-0.2, -0.15) is 0 Å². The van der Waals surface area contributed by atoms with Crippen molar-refractivity contribution in [1.29, 1.82) is 0 Å². The van der Waals surface area contributed by atoms with Crippen molar-refractivity contribution in [2.24, 2.45) is 5.41 Å². The highest BCUT2D eigenvalue weighted by molar-refractivity contribution is 5.93. The summed E-state index contributed by atoms with van der Waals surface area (Å²) in [5.41, 5.74) is 0.198. The lowest BCUT2D eigenvalue weighted by molar-refractivity contribution is -0.140. The van der Waals surface area contributed by atoms with E-state index >= 15 is 0 Å². The maximum Gasteiger partial charge on any atom is 0.249 e. The van der Waals surface area contributed by atoms with Crippen molar-refractivity contribution < 1.29 is 14.4 Å². The SMILES string of the molecule is CCCN(CC)C(=O)/C(C)=C/CN(C)C(=O)C(NC(=O)C1CCCCN1C(C)C)C(C)(C)C. The summed E-state index contributed by atoms with van der Waals surface area (Å²) in [5, 5.41) is 3.08. The minimum atomic E-state index is -0.637. The highest BCUT2D eigenvalue weighted by Gasteiger charge is 2.38. The quantitative estimate of drug-likeness (QED) is 0.503. The molecule has 0 spiro atoms. The molecule has 1 aliphatic rings. The van der Waals surface area contributed by atoms with Crippen molar-refractivity contribution in [3.05, 3.63) is 11.6 Å². The Kier molecular flexibility index (Phi) is 11.6. The van der Waals surface area contributed by atoms with Crippen LogP contribution in [0.25, 0.3) is 0 Å². The van der Waals surface area contributed by atoms with Crippen molar-refractivity contribution in [1.82, 2.24) is 20.0 Å². The van der Waals surface area contributed by atoms with Crippen LogP contribution < -0.4 is 5.32 Å². The summed E-state index contributed by atoms with van der Waals surface area (Å²) < 4.78 is 0. The third-order valence-electron chi connectivity index (χ3n) is 6.46. The van der Waals surface area contributed by atoms with Crippen molar-refractivity contribution in [2.75, 3.05) is 33.2 Å². The predicted octanol–water partition coefficient (Wildman–Crippen LogP) is 3.44. The van der Waals surface area contributed by atoms with Gasteiger partial charge >= 0.3 is 0 Å². The maximum absolute atomic E-state index is 13.4. The molecule has 0 aromatic carbocycles. The van der Waals surface area contributed by atoms with Gasteiger partial charge < -0.3 is 15.1 Å². The highest BCUT2D eigenvalue weighted by atomic mass is 16.2. The Balaban J connectivity index is 2.92. The highest BCUT2D eigenvalue weighted by Crippen LogP contribution is 2.24. The van der Waals surface area contributed by atoms with Crippen LogP contribution in [0, 0.1) is 5.41 Å². The second-order valence-electron chi connectivity index (χ2n) is 10.6. The third kappa shape index (κ3) is 8.43. The molecule has 0 bridgehead atoms. The number of hydrogen-bond donors (Lipinski definition) is 1. The van der Waals surface area contributed by atoms with Crippen LogP contribution in [0.1, 0.15) is 81.1 Å². The first-order chi connectivity index (χ1) is 15.3. The van der Waals surface area contributed by atoms with Crippen LogP contribution in [0.5, 0.6) is 0 Å². The average molecular weight is 465 g/mol. The van der Waals surface area contributed by atoms with E-state index in [2.05, 4.69) is 31.0 Å². The van der Waals surface area contributed by atoms with Gasteiger partial charge in [0.05, 0.1) is 6.04 Å². The molecule has 1 heterocycles. The fourth-order valence-electron chi connectivity index (χ4n) is 4.33. The minimum Gasteiger partial charge on any atom is -0.342 e. The van der Waals surface area contributed by atoms with E-state index in [1.807, 2.05) is 38.7 Å². The van der Waals surface area contributed by atoms with E-state index in [0.29, 0.717) is 18.7 Å². The number of carbonyl (C=O) groups is 3. The van der Waals surface area contributed by atoms with Crippen molar-refractivity contribution in [2.45, 2.75) is 99.2 Å². The molecule has 2 atom stereocenters.